The summed E-state index contributed by atoms with van der Waals surface area (Å²) >= 11 is 0. The van der Waals surface area contributed by atoms with E-state index < -0.39 is 0 Å². The van der Waals surface area contributed by atoms with Crippen LogP contribution < -0.4 is 10.1 Å². The maximum atomic E-state index is 12.0. The molecule has 0 spiro atoms. The minimum absolute atomic E-state index is 0.00382. The van der Waals surface area contributed by atoms with E-state index >= 15 is 0 Å². The molecule has 0 aromatic carbocycles. The SMILES string of the molecule is COc1nc(C)cnc1CNC(=O)C1CCCOC1. The molecule has 1 saturated heterocycles. The van der Waals surface area contributed by atoms with E-state index in [0.717, 1.165) is 25.1 Å². The lowest BCUT2D eigenvalue weighted by Crippen LogP contribution is -2.35. The van der Waals surface area contributed by atoms with Crippen LogP contribution >= 0.6 is 0 Å². The summed E-state index contributed by atoms with van der Waals surface area (Å²) in [5, 5.41) is 2.86. The predicted octanol–water partition coefficient (Wildman–Crippen LogP) is 0.836. The van der Waals surface area contributed by atoms with Crippen molar-refractivity contribution in [3.05, 3.63) is 17.6 Å². The highest BCUT2D eigenvalue weighted by Crippen LogP contribution is 2.15. The lowest BCUT2D eigenvalue weighted by molar-refractivity contribution is -0.129. The minimum atomic E-state index is -0.0573. The van der Waals surface area contributed by atoms with Gasteiger partial charge in [0, 0.05) is 12.8 Å². The maximum absolute atomic E-state index is 12.0. The van der Waals surface area contributed by atoms with Crippen LogP contribution in [0.1, 0.15) is 24.2 Å². The van der Waals surface area contributed by atoms with Crippen LogP contribution in [-0.4, -0.2) is 36.2 Å². The zero-order valence-electron chi connectivity index (χ0n) is 11.3. The second kappa shape index (κ2) is 6.47. The Labute approximate surface area is 112 Å². The molecule has 1 fully saturated rings. The first-order chi connectivity index (χ1) is 9.20. The first kappa shape index (κ1) is 13.7. The molecule has 1 atom stereocenters. The number of carbonyl (C=O) groups is 1. The topological polar surface area (TPSA) is 73.3 Å². The average Bonchev–Trinajstić information content (AvgIpc) is 2.46. The lowest BCUT2D eigenvalue weighted by Gasteiger charge is -2.21. The quantitative estimate of drug-likeness (QED) is 0.873. The van der Waals surface area contributed by atoms with E-state index in [9.17, 15) is 4.79 Å². The second-order valence-electron chi connectivity index (χ2n) is 4.60. The van der Waals surface area contributed by atoms with Crippen molar-refractivity contribution in [2.75, 3.05) is 20.3 Å². The molecular formula is C13H19N3O3. The van der Waals surface area contributed by atoms with Gasteiger partial charge in [0.05, 0.1) is 31.9 Å². The Morgan fingerprint density at radius 2 is 2.47 bits per heavy atom. The van der Waals surface area contributed by atoms with Gasteiger partial charge in [-0.3, -0.25) is 9.78 Å². The number of aryl methyl sites for hydroxylation is 1. The van der Waals surface area contributed by atoms with Crippen molar-refractivity contribution in [2.24, 2.45) is 5.92 Å². The Bertz CT molecular complexity index is 445. The van der Waals surface area contributed by atoms with E-state index in [2.05, 4.69) is 15.3 Å². The highest BCUT2D eigenvalue weighted by atomic mass is 16.5. The molecular weight excluding hydrogens is 246 g/mol. The largest absolute Gasteiger partial charge is 0.480 e. The number of hydrogen-bond donors (Lipinski definition) is 1. The van der Waals surface area contributed by atoms with E-state index in [1.807, 2.05) is 6.92 Å². The van der Waals surface area contributed by atoms with Crippen LogP contribution in [0.2, 0.25) is 0 Å². The van der Waals surface area contributed by atoms with E-state index in [0.29, 0.717) is 24.7 Å². The normalized spacial score (nSPS) is 18.9. The summed E-state index contributed by atoms with van der Waals surface area (Å²) < 4.78 is 10.5. The Hall–Kier alpha value is -1.69. The van der Waals surface area contributed by atoms with Gasteiger partial charge in [-0.05, 0) is 19.8 Å². The molecule has 1 unspecified atom stereocenters. The van der Waals surface area contributed by atoms with E-state index in [-0.39, 0.29) is 11.8 Å². The van der Waals surface area contributed by atoms with E-state index in [4.69, 9.17) is 9.47 Å². The number of carbonyl (C=O) groups excluding carboxylic acids is 1. The highest BCUT2D eigenvalue weighted by Gasteiger charge is 2.21. The molecule has 1 amide bonds. The van der Waals surface area contributed by atoms with Gasteiger partial charge in [-0.25, -0.2) is 4.98 Å². The smallest absolute Gasteiger partial charge is 0.237 e. The number of methoxy groups -OCH3 is 1. The Morgan fingerprint density at radius 1 is 1.63 bits per heavy atom. The molecule has 1 aromatic rings. The molecule has 1 aromatic heterocycles. The van der Waals surface area contributed by atoms with Crippen molar-refractivity contribution < 1.29 is 14.3 Å². The van der Waals surface area contributed by atoms with Crippen LogP contribution in [0.25, 0.3) is 0 Å². The number of nitrogens with one attached hydrogen (secondary N) is 1. The third kappa shape index (κ3) is 3.64. The van der Waals surface area contributed by atoms with Gasteiger partial charge in [0.25, 0.3) is 0 Å². The third-order valence-corrected chi connectivity index (χ3v) is 3.09. The van der Waals surface area contributed by atoms with Gasteiger partial charge in [0.15, 0.2) is 0 Å². The summed E-state index contributed by atoms with van der Waals surface area (Å²) in [6.07, 6.45) is 3.47. The minimum Gasteiger partial charge on any atom is -0.480 e. The number of amides is 1. The van der Waals surface area contributed by atoms with Gasteiger partial charge in [-0.2, -0.15) is 0 Å². The molecule has 0 radical (unpaired) electrons. The van der Waals surface area contributed by atoms with Gasteiger partial charge in [0.2, 0.25) is 11.8 Å². The van der Waals surface area contributed by atoms with E-state index in [1.165, 1.54) is 0 Å². The van der Waals surface area contributed by atoms with Crippen molar-refractivity contribution in [2.45, 2.75) is 26.3 Å². The van der Waals surface area contributed by atoms with Crippen LogP contribution in [0.5, 0.6) is 5.88 Å². The zero-order chi connectivity index (χ0) is 13.7. The van der Waals surface area contributed by atoms with Gasteiger partial charge in [-0.1, -0.05) is 0 Å². The van der Waals surface area contributed by atoms with E-state index in [1.54, 1.807) is 13.3 Å². The summed E-state index contributed by atoms with van der Waals surface area (Å²) in [5.74, 6) is 0.405. The monoisotopic (exact) mass is 265 g/mol. The molecule has 19 heavy (non-hydrogen) atoms. The fourth-order valence-electron chi connectivity index (χ4n) is 2.03. The number of nitrogens with zero attached hydrogens (tertiary/aromatic N) is 2. The van der Waals surface area contributed by atoms with Crippen LogP contribution in [0, 0.1) is 12.8 Å². The highest BCUT2D eigenvalue weighted by molar-refractivity contribution is 5.78. The van der Waals surface area contributed by atoms with Crippen LogP contribution in [-0.2, 0) is 16.1 Å². The fourth-order valence-corrected chi connectivity index (χ4v) is 2.03. The molecule has 6 heteroatoms. The number of aromatic nitrogens is 2. The summed E-state index contributed by atoms with van der Waals surface area (Å²) in [6, 6.07) is 0. The molecule has 2 rings (SSSR count). The first-order valence-electron chi connectivity index (χ1n) is 6.42. The second-order valence-corrected chi connectivity index (χ2v) is 4.60. The average molecular weight is 265 g/mol. The zero-order valence-corrected chi connectivity index (χ0v) is 11.3. The molecule has 0 aliphatic carbocycles. The van der Waals surface area contributed by atoms with Gasteiger partial charge < -0.3 is 14.8 Å². The molecule has 104 valence electrons. The molecule has 1 aliphatic rings. The Morgan fingerprint density at radius 3 is 3.16 bits per heavy atom. The molecule has 2 heterocycles. The van der Waals surface area contributed by atoms with Gasteiger partial charge in [0.1, 0.15) is 5.69 Å². The van der Waals surface area contributed by atoms with Crippen molar-refractivity contribution in [1.29, 1.82) is 0 Å². The van der Waals surface area contributed by atoms with Crippen LogP contribution in [0.15, 0.2) is 6.20 Å². The van der Waals surface area contributed by atoms with Crippen molar-refractivity contribution in [3.8, 4) is 5.88 Å². The molecule has 0 saturated carbocycles. The number of rotatable bonds is 4. The molecule has 1 aliphatic heterocycles. The molecule has 0 bridgehead atoms. The first-order valence-corrected chi connectivity index (χ1v) is 6.42. The standard InChI is InChI=1S/C13H19N3O3/c1-9-6-14-11(13(16-9)18-2)7-15-12(17)10-4-3-5-19-8-10/h6,10H,3-5,7-8H2,1-2H3,(H,15,17). The predicted molar refractivity (Wildman–Crippen MR) is 68.7 cm³/mol. The molecule has 1 N–H and O–H groups in total. The van der Waals surface area contributed by atoms with Gasteiger partial charge >= 0.3 is 0 Å². The number of ether oxygens (including phenoxy) is 2. The summed E-state index contributed by atoms with van der Waals surface area (Å²) in [5.41, 5.74) is 1.42. The Kier molecular flexibility index (Phi) is 4.68. The molecule has 6 nitrogen and oxygen atoms in total. The summed E-state index contributed by atoms with van der Waals surface area (Å²) in [4.78, 5) is 20.4. The maximum Gasteiger partial charge on any atom is 0.237 e. The van der Waals surface area contributed by atoms with Crippen molar-refractivity contribution >= 4 is 5.91 Å². The van der Waals surface area contributed by atoms with Gasteiger partial charge in [-0.15, -0.1) is 0 Å². The lowest BCUT2D eigenvalue weighted by atomic mass is 10.0. The number of hydrogen-bond acceptors (Lipinski definition) is 5. The summed E-state index contributed by atoms with van der Waals surface area (Å²) in [6.45, 7) is 3.42. The fraction of sp³-hybridized carbons (Fsp3) is 0.615. The third-order valence-electron chi connectivity index (χ3n) is 3.09. The summed E-state index contributed by atoms with van der Waals surface area (Å²) in [7, 11) is 1.55. The van der Waals surface area contributed by atoms with Crippen molar-refractivity contribution in [3.63, 3.8) is 0 Å². The van der Waals surface area contributed by atoms with Crippen LogP contribution in [0.4, 0.5) is 0 Å². The van der Waals surface area contributed by atoms with Crippen LogP contribution in [0.3, 0.4) is 0 Å². The van der Waals surface area contributed by atoms with Crippen molar-refractivity contribution in [1.82, 2.24) is 15.3 Å². The Balaban J connectivity index is 1.92.